The molecular weight excluding hydrogens is 330 g/mol. The summed E-state index contributed by atoms with van der Waals surface area (Å²) < 4.78 is 11.4. The fraction of sp³-hybridized carbons (Fsp3) is 0.286. The van der Waals surface area contributed by atoms with Crippen LogP contribution in [0.4, 0.5) is 0 Å². The average molecular weight is 353 g/mol. The van der Waals surface area contributed by atoms with Crippen LogP contribution in [-0.4, -0.2) is 26.0 Å². The van der Waals surface area contributed by atoms with Crippen LogP contribution in [0.3, 0.4) is 0 Å². The van der Waals surface area contributed by atoms with E-state index < -0.39 is 5.60 Å². The lowest BCUT2D eigenvalue weighted by atomic mass is 9.78. The summed E-state index contributed by atoms with van der Waals surface area (Å²) in [6.07, 6.45) is 13.4. The van der Waals surface area contributed by atoms with Gasteiger partial charge in [0.1, 0.15) is 11.4 Å². The van der Waals surface area contributed by atoms with E-state index in [4.69, 9.17) is 9.47 Å². The molecule has 0 fully saturated rings. The number of aryl methyl sites for hydroxylation is 1. The SMILES string of the molecule is C=C/C=C(/CC1=CC=NC2=CC(OC)=CCC12OC)c1sccc1C. The summed E-state index contributed by atoms with van der Waals surface area (Å²) in [5.41, 5.74) is 4.11. The molecule has 1 aliphatic carbocycles. The summed E-state index contributed by atoms with van der Waals surface area (Å²) in [7, 11) is 3.43. The van der Waals surface area contributed by atoms with E-state index in [0.29, 0.717) is 6.42 Å². The molecule has 0 radical (unpaired) electrons. The predicted octanol–water partition coefficient (Wildman–Crippen LogP) is 5.23. The summed E-state index contributed by atoms with van der Waals surface area (Å²) in [6, 6.07) is 2.15. The molecule has 3 nitrogen and oxygen atoms in total. The van der Waals surface area contributed by atoms with Crippen molar-refractivity contribution in [2.75, 3.05) is 14.2 Å². The number of aliphatic imine (C=N–C) groups is 1. The van der Waals surface area contributed by atoms with Gasteiger partial charge >= 0.3 is 0 Å². The van der Waals surface area contributed by atoms with Crippen LogP contribution in [0.2, 0.25) is 0 Å². The molecule has 3 rings (SSSR count). The Balaban J connectivity index is 1.98. The Morgan fingerprint density at radius 2 is 2.28 bits per heavy atom. The smallest absolute Gasteiger partial charge is 0.135 e. The Morgan fingerprint density at radius 3 is 2.92 bits per heavy atom. The van der Waals surface area contributed by atoms with Crippen molar-refractivity contribution in [3.05, 3.63) is 75.9 Å². The lowest BCUT2D eigenvalue weighted by molar-refractivity contribution is 0.0498. The second kappa shape index (κ2) is 7.38. The minimum Gasteiger partial charge on any atom is -0.497 e. The maximum Gasteiger partial charge on any atom is 0.135 e. The fourth-order valence-corrected chi connectivity index (χ4v) is 4.32. The van der Waals surface area contributed by atoms with Gasteiger partial charge in [0.2, 0.25) is 0 Å². The van der Waals surface area contributed by atoms with E-state index in [-0.39, 0.29) is 0 Å². The van der Waals surface area contributed by atoms with Gasteiger partial charge in [0.25, 0.3) is 0 Å². The molecule has 1 aromatic heterocycles. The van der Waals surface area contributed by atoms with Crippen LogP contribution in [0.15, 0.2) is 70.4 Å². The van der Waals surface area contributed by atoms with Crippen molar-refractivity contribution in [2.45, 2.75) is 25.4 Å². The number of thiophene rings is 1. The van der Waals surface area contributed by atoms with Gasteiger partial charge in [0.15, 0.2) is 0 Å². The maximum absolute atomic E-state index is 6.01. The minimum atomic E-state index is -0.526. The van der Waals surface area contributed by atoms with Gasteiger partial charge in [-0.1, -0.05) is 18.7 Å². The summed E-state index contributed by atoms with van der Waals surface area (Å²) in [4.78, 5) is 5.85. The van der Waals surface area contributed by atoms with Crippen molar-refractivity contribution in [3.8, 4) is 0 Å². The van der Waals surface area contributed by atoms with E-state index in [1.807, 2.05) is 18.4 Å². The molecule has 1 aromatic rings. The number of hydrogen-bond donors (Lipinski definition) is 0. The van der Waals surface area contributed by atoms with Crippen molar-refractivity contribution >= 4 is 23.1 Å². The predicted molar refractivity (Wildman–Crippen MR) is 106 cm³/mol. The summed E-state index contributed by atoms with van der Waals surface area (Å²) in [5.74, 6) is 0.831. The Labute approximate surface area is 153 Å². The standard InChI is InChI=1S/C21H23NO2S/c1-5-6-16(20-15(2)9-12-25-20)13-17-8-11-22-19-14-18(23-3)7-10-21(17,19)24-4/h5-9,11-12,14H,1,10,13H2,2-4H3/b16-6-. The van der Waals surface area contributed by atoms with Crippen LogP contribution >= 0.6 is 11.3 Å². The van der Waals surface area contributed by atoms with Gasteiger partial charge in [-0.2, -0.15) is 0 Å². The highest BCUT2D eigenvalue weighted by Gasteiger charge is 2.41. The van der Waals surface area contributed by atoms with Crippen LogP contribution < -0.4 is 0 Å². The van der Waals surface area contributed by atoms with Crippen molar-refractivity contribution in [1.29, 1.82) is 0 Å². The number of allylic oxidation sites excluding steroid dienone is 5. The molecule has 0 spiro atoms. The number of fused-ring (bicyclic) bond motifs is 1. The molecule has 0 aromatic carbocycles. The Kier molecular flexibility index (Phi) is 5.21. The third kappa shape index (κ3) is 3.20. The van der Waals surface area contributed by atoms with Crippen molar-refractivity contribution in [3.63, 3.8) is 0 Å². The lowest BCUT2D eigenvalue weighted by Gasteiger charge is -2.38. The van der Waals surface area contributed by atoms with Crippen LogP contribution in [0.25, 0.3) is 5.57 Å². The molecule has 4 heteroatoms. The number of methoxy groups -OCH3 is 2. The first-order chi connectivity index (χ1) is 12.1. The van der Waals surface area contributed by atoms with Crippen molar-refractivity contribution in [2.24, 2.45) is 4.99 Å². The molecule has 130 valence electrons. The van der Waals surface area contributed by atoms with Crippen molar-refractivity contribution < 1.29 is 9.47 Å². The molecule has 2 heterocycles. The number of nitrogens with zero attached hydrogens (tertiary/aromatic N) is 1. The van der Waals surface area contributed by atoms with Crippen LogP contribution in [0, 0.1) is 6.92 Å². The minimum absolute atomic E-state index is 0.526. The van der Waals surface area contributed by atoms with Crippen LogP contribution in [0.1, 0.15) is 23.3 Å². The normalized spacial score (nSPS) is 22.7. The van der Waals surface area contributed by atoms with Gasteiger partial charge < -0.3 is 9.47 Å². The number of rotatable bonds is 6. The second-order valence-corrected chi connectivity index (χ2v) is 7.00. The Bertz CT molecular complexity index is 823. The molecule has 0 saturated heterocycles. The molecule has 0 amide bonds. The highest BCUT2D eigenvalue weighted by molar-refractivity contribution is 7.11. The van der Waals surface area contributed by atoms with E-state index in [9.17, 15) is 0 Å². The average Bonchev–Trinajstić information content (AvgIpc) is 3.06. The van der Waals surface area contributed by atoms with Gasteiger partial charge in [-0.05, 0) is 53.7 Å². The molecule has 0 bridgehead atoms. The molecule has 0 saturated carbocycles. The molecule has 2 aliphatic rings. The van der Waals surface area contributed by atoms with E-state index in [0.717, 1.165) is 17.9 Å². The largest absolute Gasteiger partial charge is 0.497 e. The van der Waals surface area contributed by atoms with E-state index >= 15 is 0 Å². The summed E-state index contributed by atoms with van der Waals surface area (Å²) in [5, 5.41) is 2.13. The number of dihydropyridines is 1. The lowest BCUT2D eigenvalue weighted by Crippen LogP contribution is -2.38. The van der Waals surface area contributed by atoms with E-state index in [2.05, 4.69) is 48.2 Å². The van der Waals surface area contributed by atoms with Crippen LogP contribution in [-0.2, 0) is 9.47 Å². The second-order valence-electron chi connectivity index (χ2n) is 6.08. The fourth-order valence-electron chi connectivity index (χ4n) is 3.37. The van der Waals surface area contributed by atoms with Crippen LogP contribution in [0.5, 0.6) is 0 Å². The third-order valence-electron chi connectivity index (χ3n) is 4.73. The first-order valence-electron chi connectivity index (χ1n) is 8.26. The summed E-state index contributed by atoms with van der Waals surface area (Å²) in [6.45, 7) is 6.03. The number of hydrogen-bond acceptors (Lipinski definition) is 4. The Hall–Kier alpha value is -2.17. The molecule has 0 N–H and O–H groups in total. The first kappa shape index (κ1) is 17.6. The van der Waals surface area contributed by atoms with Gasteiger partial charge in [-0.15, -0.1) is 11.3 Å². The van der Waals surface area contributed by atoms with Gasteiger partial charge in [0, 0.05) is 30.7 Å². The molecule has 1 aliphatic heterocycles. The zero-order valence-electron chi connectivity index (χ0n) is 14.9. The van der Waals surface area contributed by atoms with Crippen molar-refractivity contribution in [1.82, 2.24) is 0 Å². The Morgan fingerprint density at radius 1 is 1.44 bits per heavy atom. The van der Waals surface area contributed by atoms with Gasteiger partial charge in [-0.25, -0.2) is 0 Å². The van der Waals surface area contributed by atoms with E-state index in [1.54, 1.807) is 25.6 Å². The highest BCUT2D eigenvalue weighted by atomic mass is 32.1. The monoisotopic (exact) mass is 353 g/mol. The highest BCUT2D eigenvalue weighted by Crippen LogP contribution is 2.44. The third-order valence-corrected chi connectivity index (χ3v) is 5.82. The zero-order chi connectivity index (χ0) is 17.9. The molecule has 25 heavy (non-hydrogen) atoms. The van der Waals surface area contributed by atoms with Gasteiger partial charge in [-0.3, -0.25) is 4.99 Å². The first-order valence-corrected chi connectivity index (χ1v) is 9.14. The number of ether oxygens (including phenoxy) is 2. The zero-order valence-corrected chi connectivity index (χ0v) is 15.7. The molecule has 1 atom stereocenters. The van der Waals surface area contributed by atoms with Gasteiger partial charge in [0.05, 0.1) is 12.8 Å². The molecular formula is C21H23NO2S. The summed E-state index contributed by atoms with van der Waals surface area (Å²) >= 11 is 1.76. The maximum atomic E-state index is 6.01. The molecule has 1 unspecified atom stereocenters. The quantitative estimate of drug-likeness (QED) is 0.656. The topological polar surface area (TPSA) is 30.8 Å². The van der Waals surface area contributed by atoms with E-state index in [1.165, 1.54) is 21.6 Å².